The molecule has 2 heterocycles. The highest BCUT2D eigenvalue weighted by atomic mass is 35.5. The number of benzene rings is 2. The summed E-state index contributed by atoms with van der Waals surface area (Å²) in [5, 5.41) is 12.6. The molecule has 4 rings (SSSR count). The molecule has 0 radical (unpaired) electrons. The van der Waals surface area contributed by atoms with Crippen molar-refractivity contribution in [3.05, 3.63) is 94.5 Å². The van der Waals surface area contributed by atoms with E-state index in [2.05, 4.69) is 33.1 Å². The minimum atomic E-state index is -0.395. The van der Waals surface area contributed by atoms with Crippen molar-refractivity contribution in [3.63, 3.8) is 0 Å². The Morgan fingerprint density at radius 3 is 2.72 bits per heavy atom. The maximum atomic E-state index is 12.4. The molecule has 0 aliphatic heterocycles. The number of amides is 1. The maximum absolute atomic E-state index is 12.4. The topological polar surface area (TPSA) is 85.0 Å². The van der Waals surface area contributed by atoms with Crippen LogP contribution in [0.1, 0.15) is 29.6 Å². The Hall–Kier alpha value is -3.40. The normalized spacial score (nSPS) is 11.1. The van der Waals surface area contributed by atoms with E-state index in [0.717, 1.165) is 16.9 Å². The monoisotopic (exact) mass is 537 g/mol. The Bertz CT molecular complexity index is 1400. The molecular weight excluding hydrogens is 514 g/mol. The summed E-state index contributed by atoms with van der Waals surface area (Å²) in [6.07, 6.45) is 3.58. The summed E-state index contributed by atoms with van der Waals surface area (Å²) >= 11 is 13.1. The van der Waals surface area contributed by atoms with Gasteiger partial charge in [-0.05, 0) is 54.5 Å². The molecule has 0 saturated carbocycles. The molecule has 0 unspecified atom stereocenters. The lowest BCUT2D eigenvalue weighted by Gasteiger charge is -2.13. The number of hydrogen-bond donors (Lipinski definition) is 2. The highest BCUT2D eigenvalue weighted by Gasteiger charge is 2.14. The van der Waals surface area contributed by atoms with Gasteiger partial charge in [0.2, 0.25) is 11.1 Å². The third kappa shape index (κ3) is 6.63. The number of thiocarbonyl (C=S) groups is 1. The minimum absolute atomic E-state index is 0.134. The molecule has 2 aromatic heterocycles. The molecule has 0 fully saturated rings. The number of furan rings is 1. The fourth-order valence-corrected chi connectivity index (χ4v) is 4.48. The molecule has 4 aromatic rings. The molecule has 2 N–H and O–H groups in total. The Balaban J connectivity index is 1.35. The van der Waals surface area contributed by atoms with Gasteiger partial charge >= 0.3 is 0 Å². The Morgan fingerprint density at radius 1 is 1.17 bits per heavy atom. The van der Waals surface area contributed by atoms with Crippen molar-refractivity contribution in [2.75, 3.05) is 5.43 Å². The lowest BCUT2D eigenvalue weighted by atomic mass is 10.1. The smallest absolute Gasteiger partial charge is 0.250 e. The molecule has 2 aromatic carbocycles. The second-order valence-electron chi connectivity index (χ2n) is 7.79. The van der Waals surface area contributed by atoms with Gasteiger partial charge in [0.1, 0.15) is 11.5 Å². The third-order valence-electron chi connectivity index (χ3n) is 5.16. The van der Waals surface area contributed by atoms with Crippen LogP contribution < -0.4 is 10.7 Å². The van der Waals surface area contributed by atoms with E-state index in [4.69, 9.17) is 28.2 Å². The molecule has 0 aliphatic rings. The zero-order chi connectivity index (χ0) is 25.5. The van der Waals surface area contributed by atoms with Crippen LogP contribution in [0.4, 0.5) is 0 Å². The lowest BCUT2D eigenvalue weighted by molar-refractivity contribution is -0.115. The van der Waals surface area contributed by atoms with Gasteiger partial charge in [0, 0.05) is 28.8 Å². The first kappa shape index (κ1) is 25.7. The van der Waals surface area contributed by atoms with Crippen LogP contribution in [-0.4, -0.2) is 25.9 Å². The van der Waals surface area contributed by atoms with Crippen LogP contribution in [0.3, 0.4) is 0 Å². The quantitative estimate of drug-likeness (QED) is 0.162. The van der Waals surface area contributed by atoms with Crippen molar-refractivity contribution in [2.45, 2.75) is 31.2 Å². The van der Waals surface area contributed by atoms with E-state index in [1.807, 2.05) is 56.3 Å². The molecule has 10 heteroatoms. The highest BCUT2D eigenvalue weighted by molar-refractivity contribution is 7.98. The molecule has 184 valence electrons. The zero-order valence-corrected chi connectivity index (χ0v) is 22.1. The molecule has 1 amide bonds. The summed E-state index contributed by atoms with van der Waals surface area (Å²) in [7, 11) is 0. The predicted octanol–water partition coefficient (Wildman–Crippen LogP) is 6.01. The van der Waals surface area contributed by atoms with Crippen molar-refractivity contribution in [1.29, 1.82) is 0 Å². The average molecular weight is 538 g/mol. The summed E-state index contributed by atoms with van der Waals surface area (Å²) in [4.78, 5) is 12.4. The SMILES string of the molecule is CCc1nnc(SCc2ccccc2)n1NC(=S)NC(=O)C=Cc1ccc(-c2ccc(C)c(Cl)c2)o1. The number of aryl methyl sites for hydroxylation is 2. The Morgan fingerprint density at radius 2 is 1.97 bits per heavy atom. The highest BCUT2D eigenvalue weighted by Crippen LogP contribution is 2.27. The fraction of sp³-hybridized carbons (Fsp3) is 0.154. The number of carbonyl (C=O) groups excluding carboxylic acids is 1. The van der Waals surface area contributed by atoms with E-state index in [1.54, 1.807) is 16.8 Å². The maximum Gasteiger partial charge on any atom is 0.250 e. The van der Waals surface area contributed by atoms with Gasteiger partial charge in [-0.1, -0.05) is 72.8 Å². The molecule has 0 aliphatic carbocycles. The number of hydrogen-bond acceptors (Lipinski definition) is 6. The van der Waals surface area contributed by atoms with Crippen LogP contribution in [0.5, 0.6) is 0 Å². The first-order valence-electron chi connectivity index (χ1n) is 11.2. The van der Waals surface area contributed by atoms with E-state index >= 15 is 0 Å². The van der Waals surface area contributed by atoms with Crippen molar-refractivity contribution in [3.8, 4) is 11.3 Å². The van der Waals surface area contributed by atoms with E-state index < -0.39 is 5.91 Å². The number of nitrogens with one attached hydrogen (secondary N) is 2. The molecule has 7 nitrogen and oxygen atoms in total. The molecule has 0 bridgehead atoms. The number of nitrogens with zero attached hydrogens (tertiary/aromatic N) is 3. The van der Waals surface area contributed by atoms with Crippen molar-refractivity contribution in [2.24, 2.45) is 0 Å². The molecule has 0 saturated heterocycles. The van der Waals surface area contributed by atoms with Gasteiger partial charge in [0.25, 0.3) is 0 Å². The Kier molecular flexibility index (Phi) is 8.58. The van der Waals surface area contributed by atoms with Crippen LogP contribution in [0.15, 0.2) is 76.3 Å². The average Bonchev–Trinajstić information content (AvgIpc) is 3.50. The van der Waals surface area contributed by atoms with Crippen LogP contribution >= 0.6 is 35.6 Å². The van der Waals surface area contributed by atoms with Crippen LogP contribution in [-0.2, 0) is 17.0 Å². The van der Waals surface area contributed by atoms with Crippen LogP contribution in [0.2, 0.25) is 5.02 Å². The number of carbonyl (C=O) groups is 1. The number of halogens is 1. The van der Waals surface area contributed by atoms with Gasteiger partial charge in [-0.2, -0.15) is 0 Å². The van der Waals surface area contributed by atoms with Gasteiger partial charge in [0.15, 0.2) is 10.9 Å². The summed E-state index contributed by atoms with van der Waals surface area (Å²) < 4.78 is 7.52. The molecular formula is C26H24ClN5O2S2. The van der Waals surface area contributed by atoms with Gasteiger partial charge in [-0.25, -0.2) is 4.68 Å². The predicted molar refractivity (Wildman–Crippen MR) is 148 cm³/mol. The first-order chi connectivity index (χ1) is 17.4. The minimum Gasteiger partial charge on any atom is -0.457 e. The molecule has 0 spiro atoms. The van der Waals surface area contributed by atoms with Crippen LogP contribution in [0, 0.1) is 6.92 Å². The second-order valence-corrected chi connectivity index (χ2v) is 9.55. The summed E-state index contributed by atoms with van der Waals surface area (Å²) in [6, 6.07) is 19.4. The van der Waals surface area contributed by atoms with Crippen molar-refractivity contribution in [1.82, 2.24) is 20.2 Å². The lowest BCUT2D eigenvalue weighted by Crippen LogP contribution is -2.38. The molecule has 36 heavy (non-hydrogen) atoms. The zero-order valence-electron chi connectivity index (χ0n) is 19.7. The van der Waals surface area contributed by atoms with Crippen molar-refractivity contribution >= 4 is 52.7 Å². The summed E-state index contributed by atoms with van der Waals surface area (Å²) in [5.41, 5.74) is 6.04. The number of thioether (sulfide) groups is 1. The summed E-state index contributed by atoms with van der Waals surface area (Å²) in [5.74, 6) is 2.23. The fourth-order valence-electron chi connectivity index (χ4n) is 3.24. The number of rotatable bonds is 8. The van der Waals surface area contributed by atoms with E-state index in [9.17, 15) is 4.79 Å². The number of aromatic nitrogens is 3. The Labute approximate surface area is 223 Å². The first-order valence-corrected chi connectivity index (χ1v) is 13.0. The van der Waals surface area contributed by atoms with Gasteiger partial charge in [-0.15, -0.1) is 10.2 Å². The van der Waals surface area contributed by atoms with Crippen LogP contribution in [0.25, 0.3) is 17.4 Å². The second kappa shape index (κ2) is 12.0. The third-order valence-corrected chi connectivity index (χ3v) is 6.76. The van der Waals surface area contributed by atoms with Gasteiger partial charge in [-0.3, -0.25) is 15.5 Å². The van der Waals surface area contributed by atoms with E-state index in [1.165, 1.54) is 23.4 Å². The summed E-state index contributed by atoms with van der Waals surface area (Å²) in [6.45, 7) is 3.91. The largest absolute Gasteiger partial charge is 0.457 e. The van der Waals surface area contributed by atoms with Crippen molar-refractivity contribution < 1.29 is 9.21 Å². The van der Waals surface area contributed by atoms with Gasteiger partial charge in [0.05, 0.1) is 0 Å². The van der Waals surface area contributed by atoms with E-state index in [-0.39, 0.29) is 5.11 Å². The van der Waals surface area contributed by atoms with E-state index in [0.29, 0.717) is 33.9 Å². The van der Waals surface area contributed by atoms with Gasteiger partial charge < -0.3 is 4.42 Å². The molecule has 0 atom stereocenters. The standard InChI is InChI=1S/C26H24ClN5O2S2/c1-3-23-29-30-26(36-16-18-7-5-4-6-8-18)32(23)31-25(35)28-24(33)14-12-20-11-13-22(34-20)19-10-9-17(2)21(27)15-19/h4-15H,3,16H2,1-2H3,(H2,28,31,33,35).